The van der Waals surface area contributed by atoms with Gasteiger partial charge in [-0.3, -0.25) is 4.79 Å². The lowest BCUT2D eigenvalue weighted by Gasteiger charge is -2.33. The highest BCUT2D eigenvalue weighted by molar-refractivity contribution is 9.11. The Bertz CT molecular complexity index is 566. The van der Waals surface area contributed by atoms with E-state index >= 15 is 0 Å². The Morgan fingerprint density at radius 2 is 2.14 bits per heavy atom. The molecule has 1 aromatic rings. The average molecular weight is 433 g/mol. The second-order valence-electron chi connectivity index (χ2n) is 5.26. The second kappa shape index (κ2) is 7.97. The molecule has 1 atom stereocenters. The first kappa shape index (κ1) is 17.3. The van der Waals surface area contributed by atoms with Crippen LogP contribution in [0.4, 0.5) is 10.5 Å². The number of carbonyl (C=O) groups is 2. The molecule has 22 heavy (non-hydrogen) atoms. The molecule has 1 aromatic carbocycles. The van der Waals surface area contributed by atoms with Crippen molar-refractivity contribution in [3.8, 4) is 0 Å². The van der Waals surface area contributed by atoms with E-state index in [2.05, 4.69) is 42.5 Å². The van der Waals surface area contributed by atoms with Crippen LogP contribution in [0, 0.1) is 0 Å². The summed E-state index contributed by atoms with van der Waals surface area (Å²) in [5, 5.41) is 5.87. The number of halogens is 2. The number of likely N-dealkylation sites (tertiary alicyclic amines) is 1. The zero-order valence-electron chi connectivity index (χ0n) is 12.4. The number of nitrogens with one attached hydrogen (secondary N) is 2. The lowest BCUT2D eigenvalue weighted by Crippen LogP contribution is -2.50. The number of amides is 3. The summed E-state index contributed by atoms with van der Waals surface area (Å²) in [6.07, 6.45) is 2.27. The number of urea groups is 1. The van der Waals surface area contributed by atoms with Crippen molar-refractivity contribution in [2.45, 2.75) is 32.2 Å². The Kier molecular flexibility index (Phi) is 6.26. The molecule has 0 bridgehead atoms. The minimum atomic E-state index is -0.144. The zero-order chi connectivity index (χ0) is 16.1. The van der Waals surface area contributed by atoms with E-state index in [1.165, 1.54) is 0 Å². The molecule has 3 amide bonds. The maximum atomic E-state index is 12.4. The summed E-state index contributed by atoms with van der Waals surface area (Å²) in [7, 11) is 0. The number of piperidine rings is 1. The fourth-order valence-electron chi connectivity index (χ4n) is 2.40. The number of hydrogen-bond donors (Lipinski definition) is 2. The molecule has 0 saturated carbocycles. The van der Waals surface area contributed by atoms with Crippen LogP contribution in [0.15, 0.2) is 27.1 Å². The summed E-state index contributed by atoms with van der Waals surface area (Å²) in [5.41, 5.74) is 0.721. The summed E-state index contributed by atoms with van der Waals surface area (Å²) >= 11 is 6.82. The summed E-state index contributed by atoms with van der Waals surface area (Å²) < 4.78 is 1.73. The average Bonchev–Trinajstić information content (AvgIpc) is 2.51. The van der Waals surface area contributed by atoms with Crippen molar-refractivity contribution in [2.75, 3.05) is 18.4 Å². The van der Waals surface area contributed by atoms with E-state index in [4.69, 9.17) is 0 Å². The van der Waals surface area contributed by atoms with Crippen molar-refractivity contribution in [3.05, 3.63) is 27.1 Å². The first-order valence-corrected chi connectivity index (χ1v) is 8.88. The zero-order valence-corrected chi connectivity index (χ0v) is 15.5. The first-order chi connectivity index (χ1) is 10.5. The van der Waals surface area contributed by atoms with Gasteiger partial charge >= 0.3 is 6.03 Å². The Morgan fingerprint density at radius 3 is 2.86 bits per heavy atom. The van der Waals surface area contributed by atoms with E-state index in [1.54, 1.807) is 4.90 Å². The third kappa shape index (κ3) is 4.71. The number of anilines is 1. The number of carbonyl (C=O) groups excluding carboxylic acids is 2. The topological polar surface area (TPSA) is 61.4 Å². The predicted molar refractivity (Wildman–Crippen MR) is 93.9 cm³/mol. The summed E-state index contributed by atoms with van der Waals surface area (Å²) in [5.74, 6) is 0.0296. The first-order valence-electron chi connectivity index (χ1n) is 7.30. The van der Waals surface area contributed by atoms with Crippen LogP contribution in [0.3, 0.4) is 0 Å². The van der Waals surface area contributed by atoms with Crippen LogP contribution in [0.5, 0.6) is 0 Å². The molecule has 0 aliphatic carbocycles. The third-order valence-electron chi connectivity index (χ3n) is 3.56. The van der Waals surface area contributed by atoms with Crippen LogP contribution in [0.25, 0.3) is 0 Å². The predicted octanol–water partition coefficient (Wildman–Crippen LogP) is 3.73. The molecule has 0 spiro atoms. The van der Waals surface area contributed by atoms with Gasteiger partial charge in [-0.2, -0.15) is 0 Å². The standard InChI is InChI=1S/C15H19Br2N3O2/c1-2-14(21)18-11-4-3-7-20(9-11)15(22)19-13-8-10(16)5-6-12(13)17/h5-6,8,11H,2-4,7,9H2,1H3,(H,18,21)(H,19,22). The number of nitrogens with zero attached hydrogens (tertiary/aromatic N) is 1. The Hall–Kier alpha value is -1.08. The van der Waals surface area contributed by atoms with Crippen molar-refractivity contribution >= 4 is 49.5 Å². The molecule has 120 valence electrons. The minimum absolute atomic E-state index is 0.0296. The maximum Gasteiger partial charge on any atom is 0.321 e. The van der Waals surface area contributed by atoms with Gasteiger partial charge in [0.1, 0.15) is 0 Å². The van der Waals surface area contributed by atoms with Crippen LogP contribution in [0.1, 0.15) is 26.2 Å². The third-order valence-corrected chi connectivity index (χ3v) is 4.75. The summed E-state index contributed by atoms with van der Waals surface area (Å²) in [6, 6.07) is 5.52. The largest absolute Gasteiger partial charge is 0.352 e. The molecule has 1 aliphatic rings. The molecule has 1 unspecified atom stereocenters. The fraction of sp³-hybridized carbons (Fsp3) is 0.467. The molecule has 2 N–H and O–H groups in total. The molecule has 1 saturated heterocycles. The molecule has 1 fully saturated rings. The van der Waals surface area contributed by atoms with Gasteiger partial charge in [-0.05, 0) is 47.0 Å². The Morgan fingerprint density at radius 1 is 1.36 bits per heavy atom. The Labute approximate surface area is 147 Å². The monoisotopic (exact) mass is 431 g/mol. The van der Waals surface area contributed by atoms with Crippen molar-refractivity contribution in [3.63, 3.8) is 0 Å². The molecular weight excluding hydrogens is 414 g/mol. The van der Waals surface area contributed by atoms with Gasteiger partial charge in [-0.25, -0.2) is 4.79 Å². The van der Waals surface area contributed by atoms with Crippen LogP contribution in [-0.2, 0) is 4.79 Å². The SMILES string of the molecule is CCC(=O)NC1CCCN(C(=O)Nc2cc(Br)ccc2Br)C1. The van der Waals surface area contributed by atoms with Crippen LogP contribution in [0.2, 0.25) is 0 Å². The molecular formula is C15H19Br2N3O2. The fourth-order valence-corrected chi connectivity index (χ4v) is 3.10. The van der Waals surface area contributed by atoms with Gasteiger partial charge in [0.15, 0.2) is 0 Å². The van der Waals surface area contributed by atoms with Crippen molar-refractivity contribution < 1.29 is 9.59 Å². The molecule has 0 aromatic heterocycles. The van der Waals surface area contributed by atoms with Crippen molar-refractivity contribution in [1.29, 1.82) is 0 Å². The van der Waals surface area contributed by atoms with E-state index in [0.717, 1.165) is 27.5 Å². The van der Waals surface area contributed by atoms with E-state index in [1.807, 2.05) is 25.1 Å². The Balaban J connectivity index is 1.97. The van der Waals surface area contributed by atoms with Gasteiger partial charge in [0.25, 0.3) is 0 Å². The van der Waals surface area contributed by atoms with Crippen LogP contribution in [-0.4, -0.2) is 36.0 Å². The minimum Gasteiger partial charge on any atom is -0.352 e. The second-order valence-corrected chi connectivity index (χ2v) is 7.03. The van der Waals surface area contributed by atoms with Gasteiger partial charge < -0.3 is 15.5 Å². The van der Waals surface area contributed by atoms with Gasteiger partial charge in [0.05, 0.1) is 5.69 Å². The molecule has 1 heterocycles. The van der Waals surface area contributed by atoms with Gasteiger partial charge in [0, 0.05) is 34.5 Å². The van der Waals surface area contributed by atoms with Gasteiger partial charge in [-0.15, -0.1) is 0 Å². The van der Waals surface area contributed by atoms with E-state index in [0.29, 0.717) is 19.5 Å². The highest BCUT2D eigenvalue weighted by Crippen LogP contribution is 2.26. The molecule has 0 radical (unpaired) electrons. The van der Waals surface area contributed by atoms with E-state index in [-0.39, 0.29) is 18.0 Å². The molecule has 1 aliphatic heterocycles. The summed E-state index contributed by atoms with van der Waals surface area (Å²) in [6.45, 7) is 3.08. The quantitative estimate of drug-likeness (QED) is 0.764. The van der Waals surface area contributed by atoms with Crippen molar-refractivity contribution in [2.24, 2.45) is 0 Å². The normalized spacial score (nSPS) is 18.0. The lowest BCUT2D eigenvalue weighted by atomic mass is 10.1. The molecule has 5 nitrogen and oxygen atoms in total. The van der Waals surface area contributed by atoms with Gasteiger partial charge in [-0.1, -0.05) is 22.9 Å². The van der Waals surface area contributed by atoms with E-state index in [9.17, 15) is 9.59 Å². The van der Waals surface area contributed by atoms with Crippen LogP contribution < -0.4 is 10.6 Å². The smallest absolute Gasteiger partial charge is 0.321 e. The maximum absolute atomic E-state index is 12.4. The number of benzene rings is 1. The summed E-state index contributed by atoms with van der Waals surface area (Å²) in [4.78, 5) is 25.6. The number of rotatable bonds is 3. The van der Waals surface area contributed by atoms with Gasteiger partial charge in [0.2, 0.25) is 5.91 Å². The number of hydrogen-bond acceptors (Lipinski definition) is 2. The van der Waals surface area contributed by atoms with Crippen molar-refractivity contribution in [1.82, 2.24) is 10.2 Å². The highest BCUT2D eigenvalue weighted by atomic mass is 79.9. The lowest BCUT2D eigenvalue weighted by molar-refractivity contribution is -0.121. The van der Waals surface area contributed by atoms with E-state index < -0.39 is 0 Å². The molecule has 7 heteroatoms. The van der Waals surface area contributed by atoms with Crippen LogP contribution >= 0.6 is 31.9 Å². The highest BCUT2D eigenvalue weighted by Gasteiger charge is 2.24. The molecule has 2 rings (SSSR count).